The van der Waals surface area contributed by atoms with Crippen molar-refractivity contribution in [3.63, 3.8) is 0 Å². The molecule has 0 radical (unpaired) electrons. The Hall–Kier alpha value is -1.92. The van der Waals surface area contributed by atoms with Crippen molar-refractivity contribution in [2.45, 2.75) is 143 Å². The van der Waals surface area contributed by atoms with Crippen molar-refractivity contribution in [3.8, 4) is 0 Å². The zero-order chi connectivity index (χ0) is 33.8. The molecule has 0 aliphatic carbocycles. The lowest BCUT2D eigenvalue weighted by Gasteiger charge is -2.25. The zero-order valence-corrected chi connectivity index (χ0v) is 31.3. The summed E-state index contributed by atoms with van der Waals surface area (Å²) in [4.78, 5) is 34.7. The van der Waals surface area contributed by atoms with Crippen LogP contribution in [-0.2, 0) is 0 Å². The van der Waals surface area contributed by atoms with E-state index in [1.54, 1.807) is 0 Å². The molecule has 0 heterocycles. The topological polar surface area (TPSA) is 47.1 Å². The number of rotatable bonds is 30. The molecule has 0 spiro atoms. The molecule has 0 aromatic heterocycles. The molecule has 0 N–H and O–H groups in total. The van der Waals surface area contributed by atoms with Gasteiger partial charge in [0, 0.05) is 51.4 Å². The van der Waals surface area contributed by atoms with Crippen LogP contribution in [0.15, 0.2) is 24.3 Å². The van der Waals surface area contributed by atoms with Gasteiger partial charge >= 0.3 is 0 Å². The molecular formula is C40H74N4O2. The first-order chi connectivity index (χ1) is 22.4. The molecule has 0 aliphatic rings. The van der Waals surface area contributed by atoms with Gasteiger partial charge in [0.05, 0.1) is 0 Å². The first kappa shape index (κ1) is 42.1. The van der Waals surface area contributed by atoms with Crippen molar-refractivity contribution in [1.29, 1.82) is 0 Å². The van der Waals surface area contributed by atoms with Gasteiger partial charge in [-0.25, -0.2) is 0 Å². The van der Waals surface area contributed by atoms with E-state index in [9.17, 15) is 9.59 Å². The maximum atomic E-state index is 13.1. The molecule has 6 heteroatoms. The van der Waals surface area contributed by atoms with Crippen LogP contribution in [0.25, 0.3) is 0 Å². The SMILES string of the molecule is CCCCCCCCCCCN(CC)CCN(C)C(=O)c1ccc(C(=O)N(C)CCN(CC)CCCCCCCCCCC)cc1. The first-order valence-corrected chi connectivity index (χ1v) is 19.4. The highest BCUT2D eigenvalue weighted by atomic mass is 16.2. The molecule has 0 bridgehead atoms. The van der Waals surface area contributed by atoms with Crippen molar-refractivity contribution in [2.24, 2.45) is 0 Å². The third kappa shape index (κ3) is 19.7. The summed E-state index contributed by atoms with van der Waals surface area (Å²) in [5.74, 6) is 0.0307. The molecule has 0 saturated carbocycles. The van der Waals surface area contributed by atoms with Gasteiger partial charge in [-0.3, -0.25) is 9.59 Å². The van der Waals surface area contributed by atoms with Crippen molar-refractivity contribution in [1.82, 2.24) is 19.6 Å². The lowest BCUT2D eigenvalue weighted by atomic mass is 10.1. The molecule has 0 aliphatic heterocycles. The fourth-order valence-corrected chi connectivity index (χ4v) is 6.13. The van der Waals surface area contributed by atoms with Crippen molar-refractivity contribution < 1.29 is 9.59 Å². The quantitative estimate of drug-likeness (QED) is 0.0784. The van der Waals surface area contributed by atoms with Gasteiger partial charge in [-0.1, -0.05) is 130 Å². The minimum Gasteiger partial charge on any atom is -0.340 e. The van der Waals surface area contributed by atoms with Crippen LogP contribution < -0.4 is 0 Å². The van der Waals surface area contributed by atoms with E-state index < -0.39 is 0 Å². The highest BCUT2D eigenvalue weighted by molar-refractivity contribution is 5.97. The lowest BCUT2D eigenvalue weighted by Crippen LogP contribution is -2.37. The predicted octanol–water partition coefficient (Wildman–Crippen LogP) is 9.54. The van der Waals surface area contributed by atoms with Crippen LogP contribution in [0.1, 0.15) is 164 Å². The van der Waals surface area contributed by atoms with Crippen LogP contribution in [0, 0.1) is 0 Å². The van der Waals surface area contributed by atoms with Crippen molar-refractivity contribution in [3.05, 3.63) is 35.4 Å². The summed E-state index contributed by atoms with van der Waals surface area (Å²) in [7, 11) is 3.77. The van der Waals surface area contributed by atoms with E-state index >= 15 is 0 Å². The van der Waals surface area contributed by atoms with Crippen molar-refractivity contribution >= 4 is 11.8 Å². The van der Waals surface area contributed by atoms with E-state index in [2.05, 4.69) is 37.5 Å². The number of nitrogens with zero attached hydrogens (tertiary/aromatic N) is 4. The molecule has 0 unspecified atom stereocenters. The van der Waals surface area contributed by atoms with E-state index in [0.29, 0.717) is 24.2 Å². The van der Waals surface area contributed by atoms with Gasteiger partial charge in [-0.05, 0) is 63.3 Å². The van der Waals surface area contributed by atoms with Crippen LogP contribution in [0.3, 0.4) is 0 Å². The summed E-state index contributed by atoms with van der Waals surface area (Å²) in [6.07, 6.45) is 24.2. The van der Waals surface area contributed by atoms with Crippen LogP contribution in [0.4, 0.5) is 0 Å². The molecule has 2 amide bonds. The van der Waals surface area contributed by atoms with E-state index in [4.69, 9.17) is 0 Å². The summed E-state index contributed by atoms with van der Waals surface area (Å²) in [5, 5.41) is 0. The second-order valence-electron chi connectivity index (χ2n) is 13.6. The monoisotopic (exact) mass is 643 g/mol. The minimum atomic E-state index is 0.0153. The number of carbonyl (C=O) groups is 2. The molecular weight excluding hydrogens is 568 g/mol. The molecule has 1 aromatic carbocycles. The Morgan fingerprint density at radius 3 is 0.978 bits per heavy atom. The van der Waals surface area contributed by atoms with Gasteiger partial charge in [0.25, 0.3) is 11.8 Å². The summed E-state index contributed by atoms with van der Waals surface area (Å²) < 4.78 is 0. The Balaban J connectivity index is 2.34. The summed E-state index contributed by atoms with van der Waals surface area (Å²) in [6, 6.07) is 7.23. The van der Waals surface area contributed by atoms with Gasteiger partial charge in [0.15, 0.2) is 0 Å². The maximum absolute atomic E-state index is 13.1. The lowest BCUT2D eigenvalue weighted by molar-refractivity contribution is 0.0767. The summed E-state index contributed by atoms with van der Waals surface area (Å²) >= 11 is 0. The number of hydrogen-bond acceptors (Lipinski definition) is 4. The highest BCUT2D eigenvalue weighted by Gasteiger charge is 2.16. The largest absolute Gasteiger partial charge is 0.340 e. The first-order valence-electron chi connectivity index (χ1n) is 19.4. The number of amides is 2. The predicted molar refractivity (Wildman–Crippen MR) is 199 cm³/mol. The van der Waals surface area contributed by atoms with Gasteiger partial charge < -0.3 is 19.6 Å². The number of benzene rings is 1. The van der Waals surface area contributed by atoms with Crippen molar-refractivity contribution in [2.75, 3.05) is 66.5 Å². The highest BCUT2D eigenvalue weighted by Crippen LogP contribution is 2.13. The second-order valence-corrected chi connectivity index (χ2v) is 13.6. The average Bonchev–Trinajstić information content (AvgIpc) is 3.08. The van der Waals surface area contributed by atoms with Gasteiger partial charge in [0.2, 0.25) is 0 Å². The molecule has 1 aromatic rings. The normalized spacial score (nSPS) is 11.5. The average molecular weight is 643 g/mol. The number of likely N-dealkylation sites (N-methyl/N-ethyl adjacent to an activating group) is 4. The fourth-order valence-electron chi connectivity index (χ4n) is 6.13. The Kier molecular flexibility index (Phi) is 25.7. The van der Waals surface area contributed by atoms with E-state index in [-0.39, 0.29) is 11.8 Å². The molecule has 0 fully saturated rings. The standard InChI is InChI=1S/C40H74N4O2/c1-7-11-13-15-17-19-21-23-25-31-43(9-3)35-33-41(5)39(45)37-27-29-38(30-28-37)40(46)42(6)34-36-44(10-4)32-26-24-22-20-18-16-14-12-8-2/h27-30H,7-26,31-36H2,1-6H3. The van der Waals surface area contributed by atoms with E-state index in [0.717, 1.165) is 39.3 Å². The number of carbonyl (C=O) groups excluding carboxylic acids is 2. The molecule has 266 valence electrons. The molecule has 1 rings (SSSR count). The number of hydrogen-bond donors (Lipinski definition) is 0. The molecule has 46 heavy (non-hydrogen) atoms. The molecule has 0 saturated heterocycles. The zero-order valence-electron chi connectivity index (χ0n) is 31.3. The van der Waals surface area contributed by atoms with E-state index in [1.807, 2.05) is 48.2 Å². The van der Waals surface area contributed by atoms with Crippen LogP contribution in [0.5, 0.6) is 0 Å². The van der Waals surface area contributed by atoms with E-state index in [1.165, 1.54) is 116 Å². The second kappa shape index (κ2) is 28.1. The van der Waals surface area contributed by atoms with Gasteiger partial charge in [-0.2, -0.15) is 0 Å². The Morgan fingerprint density at radius 1 is 0.413 bits per heavy atom. The summed E-state index contributed by atoms with van der Waals surface area (Å²) in [6.45, 7) is 16.4. The fraction of sp³-hybridized carbons (Fsp3) is 0.800. The molecule has 6 nitrogen and oxygen atoms in total. The Morgan fingerprint density at radius 2 is 0.696 bits per heavy atom. The maximum Gasteiger partial charge on any atom is 0.253 e. The molecule has 0 atom stereocenters. The smallest absolute Gasteiger partial charge is 0.253 e. The van der Waals surface area contributed by atoms with Gasteiger partial charge in [-0.15, -0.1) is 0 Å². The van der Waals surface area contributed by atoms with Crippen LogP contribution in [0.2, 0.25) is 0 Å². The van der Waals surface area contributed by atoms with Gasteiger partial charge in [0.1, 0.15) is 0 Å². The van der Waals surface area contributed by atoms with Crippen LogP contribution in [-0.4, -0.2) is 97.9 Å². The Labute approximate surface area is 285 Å². The van der Waals surface area contributed by atoms with Crippen LogP contribution >= 0.6 is 0 Å². The third-order valence-corrected chi connectivity index (χ3v) is 9.63. The third-order valence-electron chi connectivity index (χ3n) is 9.63. The Bertz CT molecular complexity index is 804. The minimum absolute atomic E-state index is 0.0153. The number of unbranched alkanes of at least 4 members (excludes halogenated alkanes) is 16. The summed E-state index contributed by atoms with van der Waals surface area (Å²) in [5.41, 5.74) is 1.28.